The zero-order chi connectivity index (χ0) is 13.2. The summed E-state index contributed by atoms with van der Waals surface area (Å²) in [6.07, 6.45) is 6.70. The Bertz CT molecular complexity index is 199. The summed E-state index contributed by atoms with van der Waals surface area (Å²) in [5, 5.41) is 3.61. The highest BCUT2D eigenvalue weighted by atomic mass is 16.5. The van der Waals surface area contributed by atoms with Crippen LogP contribution in [0.3, 0.4) is 0 Å². The van der Waals surface area contributed by atoms with E-state index in [4.69, 9.17) is 4.74 Å². The smallest absolute Gasteiger partial charge is 0.0702 e. The van der Waals surface area contributed by atoms with Crippen LogP contribution in [0.25, 0.3) is 0 Å². The molecule has 1 aliphatic heterocycles. The van der Waals surface area contributed by atoms with Crippen LogP contribution in [0, 0.1) is 0 Å². The van der Waals surface area contributed by atoms with E-state index in [2.05, 4.69) is 31.0 Å². The number of piperidine rings is 1. The molecule has 108 valence electrons. The van der Waals surface area contributed by atoms with Crippen LogP contribution in [0.5, 0.6) is 0 Å². The summed E-state index contributed by atoms with van der Waals surface area (Å²) in [4.78, 5) is 2.55. The van der Waals surface area contributed by atoms with Gasteiger partial charge in [-0.1, -0.05) is 20.3 Å². The Morgan fingerprint density at radius 3 is 2.89 bits per heavy atom. The van der Waals surface area contributed by atoms with Crippen molar-refractivity contribution in [3.8, 4) is 0 Å². The highest BCUT2D eigenvalue weighted by Gasteiger charge is 2.19. The van der Waals surface area contributed by atoms with Crippen molar-refractivity contribution in [2.45, 2.75) is 65.0 Å². The summed E-state index contributed by atoms with van der Waals surface area (Å²) in [7, 11) is 0. The van der Waals surface area contributed by atoms with Gasteiger partial charge < -0.3 is 10.1 Å². The molecule has 0 aromatic rings. The van der Waals surface area contributed by atoms with Crippen LogP contribution < -0.4 is 5.32 Å². The molecular weight excluding hydrogens is 224 g/mol. The third kappa shape index (κ3) is 6.72. The number of rotatable bonds is 9. The first-order valence-corrected chi connectivity index (χ1v) is 7.83. The second kappa shape index (κ2) is 9.76. The third-order valence-corrected chi connectivity index (χ3v) is 3.66. The Labute approximate surface area is 113 Å². The highest BCUT2D eigenvalue weighted by molar-refractivity contribution is 4.74. The minimum atomic E-state index is 0.478. The standard InChI is InChI=1S/C15H32N2O/c1-4-7-14(3)16-9-11-17-10-6-8-15(13-17)18-12-5-2/h14-16H,4-13H2,1-3H3. The maximum atomic E-state index is 5.87. The molecule has 0 spiro atoms. The number of nitrogens with zero attached hydrogens (tertiary/aromatic N) is 1. The van der Waals surface area contributed by atoms with Crippen LogP contribution in [0.1, 0.15) is 52.9 Å². The quantitative estimate of drug-likeness (QED) is 0.686. The predicted octanol–water partition coefficient (Wildman–Crippen LogP) is 2.66. The van der Waals surface area contributed by atoms with Gasteiger partial charge in [-0.15, -0.1) is 0 Å². The average molecular weight is 256 g/mol. The van der Waals surface area contributed by atoms with Crippen molar-refractivity contribution in [3.63, 3.8) is 0 Å². The zero-order valence-electron chi connectivity index (χ0n) is 12.6. The molecule has 1 heterocycles. The van der Waals surface area contributed by atoms with Gasteiger partial charge in [-0.2, -0.15) is 0 Å². The van der Waals surface area contributed by atoms with Crippen LogP contribution in [0.15, 0.2) is 0 Å². The molecule has 0 bridgehead atoms. The van der Waals surface area contributed by atoms with Gasteiger partial charge in [0.1, 0.15) is 0 Å². The second-order valence-electron chi connectivity index (χ2n) is 5.58. The lowest BCUT2D eigenvalue weighted by atomic mass is 10.1. The molecule has 3 nitrogen and oxygen atoms in total. The predicted molar refractivity (Wildman–Crippen MR) is 78.1 cm³/mol. The number of ether oxygens (including phenoxy) is 1. The Kier molecular flexibility index (Phi) is 8.64. The highest BCUT2D eigenvalue weighted by Crippen LogP contribution is 2.12. The summed E-state index contributed by atoms with van der Waals surface area (Å²) >= 11 is 0. The summed E-state index contributed by atoms with van der Waals surface area (Å²) in [5.74, 6) is 0. The van der Waals surface area contributed by atoms with Crippen LogP contribution in [-0.2, 0) is 4.74 Å². The molecule has 18 heavy (non-hydrogen) atoms. The maximum Gasteiger partial charge on any atom is 0.0702 e. The Balaban J connectivity index is 2.10. The first-order chi connectivity index (χ1) is 8.76. The minimum absolute atomic E-state index is 0.478. The van der Waals surface area contributed by atoms with Gasteiger partial charge in [0.15, 0.2) is 0 Å². The molecule has 1 aliphatic rings. The minimum Gasteiger partial charge on any atom is -0.377 e. The molecule has 0 saturated carbocycles. The fourth-order valence-corrected chi connectivity index (χ4v) is 2.64. The van der Waals surface area contributed by atoms with Crippen molar-refractivity contribution in [2.75, 3.05) is 32.8 Å². The SMILES string of the molecule is CCCOC1CCCN(CCNC(C)CCC)C1. The van der Waals surface area contributed by atoms with E-state index in [1.165, 1.54) is 38.8 Å². The normalized spacial score (nSPS) is 23.2. The van der Waals surface area contributed by atoms with E-state index in [0.717, 1.165) is 26.1 Å². The molecule has 0 amide bonds. The molecule has 0 aromatic heterocycles. The fraction of sp³-hybridized carbons (Fsp3) is 1.00. The van der Waals surface area contributed by atoms with Gasteiger partial charge in [-0.3, -0.25) is 4.90 Å². The molecule has 0 aromatic carbocycles. The largest absolute Gasteiger partial charge is 0.377 e. The third-order valence-electron chi connectivity index (χ3n) is 3.66. The Hall–Kier alpha value is -0.120. The molecule has 2 unspecified atom stereocenters. The van der Waals surface area contributed by atoms with Crippen molar-refractivity contribution in [1.82, 2.24) is 10.2 Å². The lowest BCUT2D eigenvalue weighted by molar-refractivity contribution is 0.000243. The van der Waals surface area contributed by atoms with Crippen molar-refractivity contribution in [2.24, 2.45) is 0 Å². The summed E-state index contributed by atoms with van der Waals surface area (Å²) in [5.41, 5.74) is 0. The van der Waals surface area contributed by atoms with E-state index >= 15 is 0 Å². The van der Waals surface area contributed by atoms with Crippen LogP contribution in [-0.4, -0.2) is 49.8 Å². The summed E-state index contributed by atoms with van der Waals surface area (Å²) in [6, 6.07) is 0.659. The van der Waals surface area contributed by atoms with E-state index in [1.807, 2.05) is 0 Å². The van der Waals surface area contributed by atoms with Crippen molar-refractivity contribution in [1.29, 1.82) is 0 Å². The molecule has 2 atom stereocenters. The Morgan fingerprint density at radius 2 is 2.17 bits per heavy atom. The van der Waals surface area contributed by atoms with Gasteiger partial charge >= 0.3 is 0 Å². The van der Waals surface area contributed by atoms with Gasteiger partial charge in [0, 0.05) is 32.3 Å². The van der Waals surface area contributed by atoms with Crippen LogP contribution >= 0.6 is 0 Å². The fourth-order valence-electron chi connectivity index (χ4n) is 2.64. The molecule has 0 aliphatic carbocycles. The van der Waals surface area contributed by atoms with E-state index < -0.39 is 0 Å². The maximum absolute atomic E-state index is 5.87. The molecule has 0 radical (unpaired) electrons. The zero-order valence-corrected chi connectivity index (χ0v) is 12.6. The number of hydrogen-bond acceptors (Lipinski definition) is 3. The Morgan fingerprint density at radius 1 is 1.33 bits per heavy atom. The molecule has 1 saturated heterocycles. The van der Waals surface area contributed by atoms with Gasteiger partial charge in [0.05, 0.1) is 6.10 Å². The van der Waals surface area contributed by atoms with Crippen molar-refractivity contribution in [3.05, 3.63) is 0 Å². The summed E-state index contributed by atoms with van der Waals surface area (Å²) in [6.45, 7) is 12.3. The average Bonchev–Trinajstić information content (AvgIpc) is 2.37. The second-order valence-corrected chi connectivity index (χ2v) is 5.58. The van der Waals surface area contributed by atoms with E-state index in [1.54, 1.807) is 0 Å². The summed E-state index contributed by atoms with van der Waals surface area (Å²) < 4.78 is 5.87. The molecule has 1 N–H and O–H groups in total. The molecular formula is C15H32N2O. The molecule has 1 rings (SSSR count). The van der Waals surface area contributed by atoms with Gasteiger partial charge in [0.2, 0.25) is 0 Å². The van der Waals surface area contributed by atoms with E-state index in [-0.39, 0.29) is 0 Å². The molecule has 1 fully saturated rings. The monoisotopic (exact) mass is 256 g/mol. The topological polar surface area (TPSA) is 24.5 Å². The van der Waals surface area contributed by atoms with Crippen molar-refractivity contribution >= 4 is 0 Å². The number of likely N-dealkylation sites (tertiary alicyclic amines) is 1. The van der Waals surface area contributed by atoms with Gasteiger partial charge in [-0.25, -0.2) is 0 Å². The molecule has 3 heteroatoms. The lowest BCUT2D eigenvalue weighted by Gasteiger charge is -2.32. The number of nitrogens with one attached hydrogen (secondary N) is 1. The van der Waals surface area contributed by atoms with Gasteiger partial charge in [-0.05, 0) is 39.2 Å². The number of hydrogen-bond donors (Lipinski definition) is 1. The van der Waals surface area contributed by atoms with E-state index in [0.29, 0.717) is 12.1 Å². The first kappa shape index (κ1) is 15.9. The lowest BCUT2D eigenvalue weighted by Crippen LogP contribution is -2.43. The first-order valence-electron chi connectivity index (χ1n) is 7.83. The van der Waals surface area contributed by atoms with Crippen LogP contribution in [0.2, 0.25) is 0 Å². The van der Waals surface area contributed by atoms with Crippen molar-refractivity contribution < 1.29 is 4.74 Å². The van der Waals surface area contributed by atoms with Gasteiger partial charge in [0.25, 0.3) is 0 Å². The van der Waals surface area contributed by atoms with Crippen LogP contribution in [0.4, 0.5) is 0 Å². The van der Waals surface area contributed by atoms with E-state index in [9.17, 15) is 0 Å².